The average molecular weight is 282 g/mol. The molecule has 0 aliphatic heterocycles. The number of rotatable bonds is 7. The number of aliphatic hydroxyl groups excluding tert-OH is 1. The molecule has 0 aliphatic rings. The Morgan fingerprint density at radius 2 is 2.26 bits per heavy atom. The maximum atomic E-state index is 9.79. The van der Waals surface area contributed by atoms with Gasteiger partial charge in [0.15, 0.2) is 0 Å². The lowest BCUT2D eigenvalue weighted by Crippen LogP contribution is -2.36. The summed E-state index contributed by atoms with van der Waals surface area (Å²) in [6.45, 7) is 4.58. The number of nitrogens with one attached hydrogen (secondary N) is 1. The zero-order valence-corrected chi connectivity index (χ0v) is 12.1. The van der Waals surface area contributed by atoms with E-state index in [0.717, 1.165) is 5.56 Å². The van der Waals surface area contributed by atoms with Gasteiger partial charge in [-0.2, -0.15) is 0 Å². The highest BCUT2D eigenvalue weighted by atomic mass is 35.5. The molecule has 0 saturated heterocycles. The Hall–Kier alpha value is -1.21. The number of aliphatic hydroxyl groups is 1. The third kappa shape index (κ3) is 5.98. The van der Waals surface area contributed by atoms with Crippen molar-refractivity contribution < 1.29 is 9.84 Å². The first-order chi connectivity index (χ1) is 9.02. The third-order valence-corrected chi connectivity index (χ3v) is 3.12. The Bertz CT molecular complexity index is 442. The second kappa shape index (κ2) is 8.06. The zero-order chi connectivity index (χ0) is 14.3. The largest absolute Gasteiger partial charge is 0.491 e. The third-order valence-electron chi connectivity index (χ3n) is 2.70. The number of benzene rings is 1. The lowest BCUT2D eigenvalue weighted by molar-refractivity contribution is 0.104. The number of aryl methyl sites for hydroxylation is 1. The van der Waals surface area contributed by atoms with Gasteiger partial charge >= 0.3 is 0 Å². The maximum absolute atomic E-state index is 9.79. The minimum absolute atomic E-state index is 0.192. The van der Waals surface area contributed by atoms with Crippen LogP contribution in [0, 0.1) is 19.3 Å². The molecule has 0 aliphatic carbocycles. The molecule has 0 radical (unpaired) electrons. The molecule has 1 aromatic rings. The van der Waals surface area contributed by atoms with Gasteiger partial charge < -0.3 is 15.2 Å². The van der Waals surface area contributed by atoms with Gasteiger partial charge in [0.25, 0.3) is 0 Å². The molecule has 2 atom stereocenters. The molecule has 104 valence electrons. The monoisotopic (exact) mass is 281 g/mol. The van der Waals surface area contributed by atoms with Gasteiger partial charge in [0, 0.05) is 24.0 Å². The predicted octanol–water partition coefficient (Wildman–Crippen LogP) is 2.39. The highest BCUT2D eigenvalue weighted by molar-refractivity contribution is 6.31. The summed E-state index contributed by atoms with van der Waals surface area (Å²) in [6, 6.07) is 5.61. The maximum Gasteiger partial charge on any atom is 0.119 e. The van der Waals surface area contributed by atoms with E-state index in [1.165, 1.54) is 0 Å². The average Bonchev–Trinajstić information content (AvgIpc) is 2.38. The van der Waals surface area contributed by atoms with E-state index in [0.29, 0.717) is 23.7 Å². The van der Waals surface area contributed by atoms with Crippen LogP contribution in [0.3, 0.4) is 0 Å². The normalized spacial score (nSPS) is 13.6. The van der Waals surface area contributed by atoms with E-state index in [1.54, 1.807) is 12.1 Å². The molecular weight excluding hydrogens is 262 g/mol. The molecule has 1 aromatic carbocycles. The molecule has 2 N–H and O–H groups in total. The summed E-state index contributed by atoms with van der Waals surface area (Å²) < 4.78 is 5.51. The Morgan fingerprint density at radius 1 is 1.53 bits per heavy atom. The van der Waals surface area contributed by atoms with Crippen LogP contribution in [0.4, 0.5) is 0 Å². The van der Waals surface area contributed by atoms with Crippen LogP contribution in [-0.4, -0.2) is 30.4 Å². The summed E-state index contributed by atoms with van der Waals surface area (Å²) in [4.78, 5) is 0. The number of hydrogen-bond acceptors (Lipinski definition) is 3. The van der Waals surface area contributed by atoms with Crippen LogP contribution in [0.25, 0.3) is 0 Å². The van der Waals surface area contributed by atoms with Crippen LogP contribution >= 0.6 is 11.6 Å². The quantitative estimate of drug-likeness (QED) is 0.754. The Labute approximate surface area is 119 Å². The smallest absolute Gasteiger partial charge is 0.119 e. The summed E-state index contributed by atoms with van der Waals surface area (Å²) in [7, 11) is 0. The molecule has 0 heterocycles. The first-order valence-electron chi connectivity index (χ1n) is 6.26. The van der Waals surface area contributed by atoms with Crippen LogP contribution in [0.5, 0.6) is 5.75 Å². The topological polar surface area (TPSA) is 41.5 Å². The first kappa shape index (κ1) is 15.8. The lowest BCUT2D eigenvalue weighted by Gasteiger charge is -2.16. The van der Waals surface area contributed by atoms with Crippen molar-refractivity contribution in [1.29, 1.82) is 0 Å². The molecule has 2 unspecified atom stereocenters. The van der Waals surface area contributed by atoms with E-state index in [2.05, 4.69) is 11.2 Å². The molecule has 4 heteroatoms. The highest BCUT2D eigenvalue weighted by Crippen LogP contribution is 2.21. The standard InChI is InChI=1S/C15H20ClNO2/c1-4-5-12(3)17-9-13(18)10-19-14-6-7-15(16)11(2)8-14/h1,6-8,12-13,17-18H,5,9-10H2,2-3H3. The molecule has 0 saturated carbocycles. The summed E-state index contributed by atoms with van der Waals surface area (Å²) in [5.74, 6) is 3.28. The molecule has 0 aromatic heterocycles. The Kier molecular flexibility index (Phi) is 6.72. The predicted molar refractivity (Wildman–Crippen MR) is 78.6 cm³/mol. The molecule has 1 rings (SSSR count). The molecule has 0 bridgehead atoms. The van der Waals surface area contributed by atoms with Crippen LogP contribution in [0.15, 0.2) is 18.2 Å². The molecule has 3 nitrogen and oxygen atoms in total. The van der Waals surface area contributed by atoms with Crippen molar-refractivity contribution in [3.63, 3.8) is 0 Å². The second-order valence-corrected chi connectivity index (χ2v) is 5.00. The summed E-state index contributed by atoms with van der Waals surface area (Å²) in [5.41, 5.74) is 0.953. The van der Waals surface area contributed by atoms with E-state index in [-0.39, 0.29) is 12.6 Å². The van der Waals surface area contributed by atoms with E-state index >= 15 is 0 Å². The Morgan fingerprint density at radius 3 is 2.89 bits per heavy atom. The van der Waals surface area contributed by atoms with Crippen molar-refractivity contribution in [1.82, 2.24) is 5.32 Å². The SMILES string of the molecule is C#CCC(C)NCC(O)COc1ccc(Cl)c(C)c1. The van der Waals surface area contributed by atoms with Crippen molar-refractivity contribution >= 4 is 11.6 Å². The number of halogens is 1. The van der Waals surface area contributed by atoms with Gasteiger partial charge in [-0.15, -0.1) is 12.3 Å². The van der Waals surface area contributed by atoms with Crippen molar-refractivity contribution in [3.8, 4) is 18.1 Å². The molecular formula is C15H20ClNO2. The van der Waals surface area contributed by atoms with Crippen LogP contribution in [-0.2, 0) is 0 Å². The van der Waals surface area contributed by atoms with Gasteiger partial charge in [-0.25, -0.2) is 0 Å². The van der Waals surface area contributed by atoms with E-state index < -0.39 is 6.10 Å². The van der Waals surface area contributed by atoms with Crippen LogP contribution in [0.2, 0.25) is 5.02 Å². The van der Waals surface area contributed by atoms with E-state index in [4.69, 9.17) is 22.8 Å². The van der Waals surface area contributed by atoms with Crippen molar-refractivity contribution in [2.75, 3.05) is 13.2 Å². The van der Waals surface area contributed by atoms with E-state index in [1.807, 2.05) is 19.9 Å². The van der Waals surface area contributed by atoms with Crippen molar-refractivity contribution in [2.45, 2.75) is 32.4 Å². The van der Waals surface area contributed by atoms with Gasteiger partial charge in [-0.1, -0.05) is 11.6 Å². The fourth-order valence-corrected chi connectivity index (χ4v) is 1.66. The number of terminal acetylenes is 1. The fourth-order valence-electron chi connectivity index (χ4n) is 1.54. The minimum Gasteiger partial charge on any atom is -0.491 e. The van der Waals surface area contributed by atoms with E-state index in [9.17, 15) is 5.11 Å². The van der Waals surface area contributed by atoms with Gasteiger partial charge in [-0.3, -0.25) is 0 Å². The molecule has 0 amide bonds. The van der Waals surface area contributed by atoms with Crippen molar-refractivity contribution in [2.24, 2.45) is 0 Å². The van der Waals surface area contributed by atoms with Gasteiger partial charge in [0.1, 0.15) is 18.5 Å². The minimum atomic E-state index is -0.573. The second-order valence-electron chi connectivity index (χ2n) is 4.59. The molecule has 0 fully saturated rings. The van der Waals surface area contributed by atoms with Gasteiger partial charge in [-0.05, 0) is 37.6 Å². The van der Waals surface area contributed by atoms with Crippen molar-refractivity contribution in [3.05, 3.63) is 28.8 Å². The number of hydrogen-bond donors (Lipinski definition) is 2. The summed E-state index contributed by atoms with van der Waals surface area (Å²) in [5, 5.41) is 13.6. The van der Waals surface area contributed by atoms with Gasteiger partial charge in [0.05, 0.1) is 0 Å². The Balaban J connectivity index is 2.31. The highest BCUT2D eigenvalue weighted by Gasteiger charge is 2.08. The fraction of sp³-hybridized carbons (Fsp3) is 0.467. The summed E-state index contributed by atoms with van der Waals surface area (Å²) >= 11 is 5.93. The van der Waals surface area contributed by atoms with Crippen LogP contribution < -0.4 is 10.1 Å². The molecule has 19 heavy (non-hydrogen) atoms. The molecule has 0 spiro atoms. The van der Waals surface area contributed by atoms with Crippen LogP contribution in [0.1, 0.15) is 18.9 Å². The summed E-state index contributed by atoms with van der Waals surface area (Å²) in [6.07, 6.45) is 5.28. The number of ether oxygens (including phenoxy) is 1. The zero-order valence-electron chi connectivity index (χ0n) is 11.3. The first-order valence-corrected chi connectivity index (χ1v) is 6.64. The van der Waals surface area contributed by atoms with Gasteiger partial charge in [0.2, 0.25) is 0 Å². The lowest BCUT2D eigenvalue weighted by atomic mass is 10.2.